The second kappa shape index (κ2) is 8.90. The third-order valence-electron chi connectivity index (χ3n) is 5.93. The van der Waals surface area contributed by atoms with Gasteiger partial charge in [0.15, 0.2) is 0 Å². The highest BCUT2D eigenvalue weighted by atomic mass is 14.3. The van der Waals surface area contributed by atoms with Crippen LogP contribution in [0, 0.1) is 17.8 Å². The lowest BCUT2D eigenvalue weighted by atomic mass is 9.71. The van der Waals surface area contributed by atoms with Crippen LogP contribution in [0.4, 0.5) is 0 Å². The van der Waals surface area contributed by atoms with Gasteiger partial charge in [-0.2, -0.15) is 0 Å². The van der Waals surface area contributed by atoms with Crippen LogP contribution in [0.2, 0.25) is 0 Å². The minimum Gasteiger partial charge on any atom is -0.0848 e. The lowest BCUT2D eigenvalue weighted by molar-refractivity contribution is 0.226. The van der Waals surface area contributed by atoms with Crippen LogP contribution in [-0.2, 0) is 0 Å². The van der Waals surface area contributed by atoms with Crippen molar-refractivity contribution in [2.45, 2.75) is 98.3 Å². The Hall–Kier alpha value is -0.260. The first kappa shape index (κ1) is 17.8. The molecule has 3 aliphatic rings. The summed E-state index contributed by atoms with van der Waals surface area (Å²) in [6.45, 7) is 0. The van der Waals surface area contributed by atoms with E-state index in [0.29, 0.717) is 0 Å². The van der Waals surface area contributed by atoms with Crippen molar-refractivity contribution < 1.29 is 0 Å². The van der Waals surface area contributed by atoms with Crippen molar-refractivity contribution in [1.82, 2.24) is 0 Å². The Morgan fingerprint density at radius 1 is 0.650 bits per heavy atom. The van der Waals surface area contributed by atoms with Crippen LogP contribution in [0.25, 0.3) is 0 Å². The summed E-state index contributed by atoms with van der Waals surface area (Å²) in [5.74, 6) is 3.13. The van der Waals surface area contributed by atoms with E-state index in [1.165, 1.54) is 83.5 Å². The van der Waals surface area contributed by atoms with Gasteiger partial charge < -0.3 is 0 Å². The van der Waals surface area contributed by atoms with Crippen molar-refractivity contribution in [1.29, 1.82) is 0 Å². The van der Waals surface area contributed by atoms with E-state index in [1.807, 2.05) is 5.57 Å². The Morgan fingerprint density at radius 3 is 1.80 bits per heavy atom. The number of allylic oxidation sites excluding steroid dienone is 2. The van der Waals surface area contributed by atoms with Gasteiger partial charge in [0.25, 0.3) is 0 Å². The first-order chi connectivity index (χ1) is 8.93. The van der Waals surface area contributed by atoms with Crippen LogP contribution in [0.15, 0.2) is 11.6 Å². The van der Waals surface area contributed by atoms with Crippen molar-refractivity contribution in [2.24, 2.45) is 17.8 Å². The summed E-state index contributed by atoms with van der Waals surface area (Å²) in [5, 5.41) is 0. The van der Waals surface area contributed by atoms with E-state index in [0.717, 1.165) is 17.8 Å². The predicted octanol–water partition coefficient (Wildman–Crippen LogP) is 7.15. The fourth-order valence-corrected chi connectivity index (χ4v) is 4.75. The Labute approximate surface area is 128 Å². The minimum atomic E-state index is 0. The summed E-state index contributed by atoms with van der Waals surface area (Å²) in [4.78, 5) is 0. The van der Waals surface area contributed by atoms with Gasteiger partial charge in [-0.3, -0.25) is 0 Å². The van der Waals surface area contributed by atoms with E-state index in [4.69, 9.17) is 0 Å². The minimum absolute atomic E-state index is 0. The Kier molecular flexibility index (Phi) is 7.92. The molecule has 1 unspecified atom stereocenters. The van der Waals surface area contributed by atoms with Gasteiger partial charge in [-0.05, 0) is 49.9 Å². The predicted molar refractivity (Wildman–Crippen MR) is 92.0 cm³/mol. The third-order valence-corrected chi connectivity index (χ3v) is 5.93. The molecule has 0 aromatic heterocycles. The van der Waals surface area contributed by atoms with Gasteiger partial charge in [-0.25, -0.2) is 0 Å². The Bertz CT molecular complexity index is 276. The van der Waals surface area contributed by atoms with E-state index < -0.39 is 0 Å². The third kappa shape index (κ3) is 4.37. The molecule has 0 aromatic carbocycles. The zero-order chi connectivity index (χ0) is 12.2. The van der Waals surface area contributed by atoms with Crippen LogP contribution >= 0.6 is 0 Å². The smallest absolute Gasteiger partial charge is 0.0203 e. The fraction of sp³-hybridized carbons (Fsp3) is 0.900. The molecular weight excluding hydrogens is 240 g/mol. The maximum atomic E-state index is 2.68. The van der Waals surface area contributed by atoms with E-state index in [9.17, 15) is 0 Å². The molecule has 0 aliphatic heterocycles. The maximum Gasteiger partial charge on any atom is -0.0203 e. The zero-order valence-electron chi connectivity index (χ0n) is 12.0. The van der Waals surface area contributed by atoms with Gasteiger partial charge in [0, 0.05) is 0 Å². The SMILES string of the molecule is C.C.C1=C(C2CCCCC2)CCC(C2CCCCC2)C1. The van der Waals surface area contributed by atoms with Crippen LogP contribution in [0.5, 0.6) is 0 Å². The summed E-state index contributed by atoms with van der Waals surface area (Å²) >= 11 is 0. The van der Waals surface area contributed by atoms with Crippen molar-refractivity contribution in [3.8, 4) is 0 Å². The van der Waals surface area contributed by atoms with Gasteiger partial charge in [-0.1, -0.05) is 77.9 Å². The molecule has 0 bridgehead atoms. The molecule has 118 valence electrons. The lowest BCUT2D eigenvalue weighted by Gasteiger charge is -2.35. The Morgan fingerprint density at radius 2 is 1.25 bits per heavy atom. The molecule has 0 spiro atoms. The monoisotopic (exact) mass is 278 g/mol. The molecule has 20 heavy (non-hydrogen) atoms. The maximum absolute atomic E-state index is 2.68. The molecule has 0 heteroatoms. The van der Waals surface area contributed by atoms with Gasteiger partial charge in [0.2, 0.25) is 0 Å². The topological polar surface area (TPSA) is 0 Å². The molecule has 0 N–H and O–H groups in total. The van der Waals surface area contributed by atoms with E-state index >= 15 is 0 Å². The fourth-order valence-electron chi connectivity index (χ4n) is 4.75. The highest BCUT2D eigenvalue weighted by molar-refractivity contribution is 5.11. The first-order valence-corrected chi connectivity index (χ1v) is 8.62. The van der Waals surface area contributed by atoms with E-state index in [1.54, 1.807) is 0 Å². The average Bonchev–Trinajstić information content (AvgIpc) is 2.49. The molecule has 2 fully saturated rings. The van der Waals surface area contributed by atoms with E-state index in [2.05, 4.69) is 6.08 Å². The van der Waals surface area contributed by atoms with E-state index in [-0.39, 0.29) is 14.9 Å². The standard InChI is InChI=1S/C18H30.2CH4/c1-3-7-15(8-4-1)17-11-13-18(14-12-17)16-9-5-2-6-10-16;;/h11,15-16,18H,1-10,12-14H2;2*1H4. The molecule has 0 aromatic rings. The van der Waals surface area contributed by atoms with Crippen molar-refractivity contribution in [3.05, 3.63) is 11.6 Å². The average molecular weight is 279 g/mol. The van der Waals surface area contributed by atoms with Crippen molar-refractivity contribution >= 4 is 0 Å². The highest BCUT2D eigenvalue weighted by Crippen LogP contribution is 2.41. The summed E-state index contributed by atoms with van der Waals surface area (Å²) in [6.07, 6.45) is 22.2. The second-order valence-corrected chi connectivity index (χ2v) is 7.05. The number of hydrogen-bond acceptors (Lipinski definition) is 0. The van der Waals surface area contributed by atoms with Crippen molar-refractivity contribution in [3.63, 3.8) is 0 Å². The van der Waals surface area contributed by atoms with Crippen molar-refractivity contribution in [2.75, 3.05) is 0 Å². The van der Waals surface area contributed by atoms with Crippen LogP contribution in [0.1, 0.15) is 98.3 Å². The zero-order valence-corrected chi connectivity index (χ0v) is 12.0. The summed E-state index contributed by atoms with van der Waals surface area (Å²) in [5.41, 5.74) is 1.86. The number of hydrogen-bond donors (Lipinski definition) is 0. The molecule has 0 amide bonds. The Balaban J connectivity index is 0.000001000. The molecule has 2 saturated carbocycles. The van der Waals surface area contributed by atoms with Crippen LogP contribution in [-0.4, -0.2) is 0 Å². The molecule has 0 radical (unpaired) electrons. The molecule has 3 rings (SSSR count). The largest absolute Gasteiger partial charge is 0.0848 e. The molecule has 0 heterocycles. The molecule has 1 atom stereocenters. The molecule has 0 saturated heterocycles. The van der Waals surface area contributed by atoms with Crippen LogP contribution in [0.3, 0.4) is 0 Å². The van der Waals surface area contributed by atoms with Gasteiger partial charge >= 0.3 is 0 Å². The summed E-state index contributed by atoms with van der Waals surface area (Å²) in [7, 11) is 0. The summed E-state index contributed by atoms with van der Waals surface area (Å²) < 4.78 is 0. The highest BCUT2D eigenvalue weighted by Gasteiger charge is 2.27. The second-order valence-electron chi connectivity index (χ2n) is 7.05. The molecule has 3 aliphatic carbocycles. The van der Waals surface area contributed by atoms with Gasteiger partial charge in [0.05, 0.1) is 0 Å². The van der Waals surface area contributed by atoms with Gasteiger partial charge in [0.1, 0.15) is 0 Å². The first-order valence-electron chi connectivity index (χ1n) is 8.62. The van der Waals surface area contributed by atoms with Gasteiger partial charge in [-0.15, -0.1) is 0 Å². The van der Waals surface area contributed by atoms with Crippen LogP contribution < -0.4 is 0 Å². The lowest BCUT2D eigenvalue weighted by Crippen LogP contribution is -2.21. The normalized spacial score (nSPS) is 29.0. The molecule has 0 nitrogen and oxygen atoms in total. The summed E-state index contributed by atoms with van der Waals surface area (Å²) in [6, 6.07) is 0. The number of rotatable bonds is 2. The quantitative estimate of drug-likeness (QED) is 0.471. The molecular formula is C20H38.